The summed E-state index contributed by atoms with van der Waals surface area (Å²) in [6, 6.07) is 0. The highest BCUT2D eigenvalue weighted by Gasteiger charge is 2.34. The molecule has 14 heavy (non-hydrogen) atoms. The Morgan fingerprint density at radius 2 is 2.14 bits per heavy atom. The third-order valence-corrected chi connectivity index (χ3v) is 4.22. The molecule has 0 aliphatic heterocycles. The maximum Gasteiger partial charge on any atom is 0.103 e. The van der Waals surface area contributed by atoms with Crippen molar-refractivity contribution < 1.29 is 5.11 Å². The van der Waals surface area contributed by atoms with E-state index < -0.39 is 11.5 Å². The third-order valence-electron chi connectivity index (χ3n) is 2.86. The molecule has 0 aliphatic rings. The molecule has 0 fully saturated rings. The first-order valence-electron chi connectivity index (χ1n) is 4.74. The second kappa shape index (κ2) is 3.96. The second-order valence-electron chi connectivity index (χ2n) is 3.96. The first kappa shape index (κ1) is 11.6. The normalized spacial score (nSPS) is 17.9. The van der Waals surface area contributed by atoms with Crippen molar-refractivity contribution in [3.8, 4) is 0 Å². The lowest BCUT2D eigenvalue weighted by Crippen LogP contribution is -2.41. The Hall–Kier alpha value is -0.450. The second-order valence-corrected chi connectivity index (χ2v) is 5.16. The molecule has 3 N–H and O–H groups in total. The number of hydrogen-bond donors (Lipinski definition) is 2. The zero-order valence-electron chi connectivity index (χ0n) is 9.16. The van der Waals surface area contributed by atoms with Gasteiger partial charge in [-0.3, -0.25) is 0 Å². The molecule has 1 heterocycles. The Bertz CT molecular complexity index is 302. The van der Waals surface area contributed by atoms with Crippen molar-refractivity contribution in [2.45, 2.75) is 39.2 Å². The van der Waals surface area contributed by atoms with Crippen LogP contribution in [-0.2, 0) is 5.41 Å². The van der Waals surface area contributed by atoms with Crippen LogP contribution in [0.5, 0.6) is 0 Å². The molecular weight excluding hydrogens is 196 g/mol. The van der Waals surface area contributed by atoms with Crippen LogP contribution in [0.25, 0.3) is 0 Å². The molecule has 0 spiro atoms. The number of hydrogen-bond acceptors (Lipinski definition) is 4. The molecule has 0 aromatic carbocycles. The molecule has 3 nitrogen and oxygen atoms in total. The van der Waals surface area contributed by atoms with Crippen LogP contribution in [0.15, 0.2) is 0 Å². The van der Waals surface area contributed by atoms with Gasteiger partial charge in [-0.2, -0.15) is 0 Å². The predicted molar refractivity (Wildman–Crippen MR) is 59.7 cm³/mol. The average Bonchev–Trinajstić information content (AvgIpc) is 2.45. The highest BCUT2D eigenvalue weighted by molar-refractivity contribution is 7.11. The largest absolute Gasteiger partial charge is 0.392 e. The molecule has 0 radical (unpaired) electrons. The summed E-state index contributed by atoms with van der Waals surface area (Å²) >= 11 is 1.62. The number of nitrogens with zero attached hydrogens (tertiary/aromatic N) is 1. The van der Waals surface area contributed by atoms with Gasteiger partial charge in [0.2, 0.25) is 0 Å². The molecule has 1 aromatic rings. The van der Waals surface area contributed by atoms with E-state index in [9.17, 15) is 5.11 Å². The summed E-state index contributed by atoms with van der Waals surface area (Å²) in [4.78, 5) is 5.65. The Morgan fingerprint density at radius 1 is 1.57 bits per heavy atom. The van der Waals surface area contributed by atoms with Crippen molar-refractivity contribution in [1.82, 2.24) is 4.98 Å². The lowest BCUT2D eigenvalue weighted by molar-refractivity contribution is 0.111. The smallest absolute Gasteiger partial charge is 0.103 e. The summed E-state index contributed by atoms with van der Waals surface area (Å²) in [6.07, 6.45) is -0.475. The number of aliphatic hydroxyl groups is 1. The number of thiazole rings is 1. The van der Waals surface area contributed by atoms with Gasteiger partial charge in [-0.05, 0) is 27.7 Å². The van der Waals surface area contributed by atoms with Crippen LogP contribution in [0.4, 0.5) is 0 Å². The average molecular weight is 214 g/mol. The van der Waals surface area contributed by atoms with Gasteiger partial charge in [0, 0.05) is 11.4 Å². The summed E-state index contributed by atoms with van der Waals surface area (Å²) in [6.45, 7) is 8.15. The molecule has 4 heteroatoms. The van der Waals surface area contributed by atoms with Gasteiger partial charge in [0.05, 0.1) is 17.2 Å². The summed E-state index contributed by atoms with van der Waals surface area (Å²) < 4.78 is 0. The van der Waals surface area contributed by atoms with Crippen molar-refractivity contribution >= 4 is 11.3 Å². The number of rotatable bonds is 3. The summed E-state index contributed by atoms with van der Waals surface area (Å²) in [5.41, 5.74) is 6.33. The highest BCUT2D eigenvalue weighted by atomic mass is 32.1. The van der Waals surface area contributed by atoms with Gasteiger partial charge in [-0.25, -0.2) is 4.98 Å². The maximum absolute atomic E-state index is 9.71. The third kappa shape index (κ3) is 1.82. The summed E-state index contributed by atoms with van der Waals surface area (Å²) in [7, 11) is 0. The van der Waals surface area contributed by atoms with E-state index in [1.165, 1.54) is 4.88 Å². The van der Waals surface area contributed by atoms with Gasteiger partial charge < -0.3 is 10.8 Å². The van der Waals surface area contributed by atoms with E-state index in [1.54, 1.807) is 18.3 Å². The molecule has 0 saturated carbocycles. The Labute approximate surface area is 89.0 Å². The lowest BCUT2D eigenvalue weighted by Gasteiger charge is -2.28. The van der Waals surface area contributed by atoms with E-state index in [0.29, 0.717) is 6.54 Å². The minimum Gasteiger partial charge on any atom is -0.392 e. The van der Waals surface area contributed by atoms with E-state index in [0.717, 1.165) is 10.7 Å². The molecule has 0 amide bonds. The molecule has 2 atom stereocenters. The number of nitrogens with two attached hydrogens (primary N) is 1. The zero-order chi connectivity index (χ0) is 10.9. The van der Waals surface area contributed by atoms with Crippen LogP contribution < -0.4 is 5.73 Å². The number of aryl methyl sites for hydroxylation is 2. The van der Waals surface area contributed by atoms with E-state index in [-0.39, 0.29) is 0 Å². The summed E-state index contributed by atoms with van der Waals surface area (Å²) in [5.74, 6) is 0. The molecule has 0 saturated heterocycles. The number of aliphatic hydroxyl groups excluding tert-OH is 1. The van der Waals surface area contributed by atoms with Crippen molar-refractivity contribution in [2.75, 3.05) is 6.54 Å². The van der Waals surface area contributed by atoms with Crippen LogP contribution >= 0.6 is 11.3 Å². The van der Waals surface area contributed by atoms with Crippen molar-refractivity contribution in [3.63, 3.8) is 0 Å². The number of aromatic nitrogens is 1. The Morgan fingerprint density at radius 3 is 2.43 bits per heavy atom. The van der Waals surface area contributed by atoms with Crippen LogP contribution in [-0.4, -0.2) is 22.7 Å². The first-order valence-corrected chi connectivity index (χ1v) is 5.56. The van der Waals surface area contributed by atoms with Crippen molar-refractivity contribution in [3.05, 3.63) is 15.6 Å². The molecule has 1 aromatic heterocycles. The molecular formula is C10H18N2OS. The minimum absolute atomic E-state index is 0.413. The standard InChI is InChI=1S/C10H18N2OS/c1-6-7(2)14-9(12-6)10(4,5-11)8(3)13/h8,13H,5,11H2,1-4H3. The monoisotopic (exact) mass is 214 g/mol. The molecule has 80 valence electrons. The van der Waals surface area contributed by atoms with Crippen molar-refractivity contribution in [2.24, 2.45) is 5.73 Å². The molecule has 0 aliphatic carbocycles. The fourth-order valence-electron chi connectivity index (χ4n) is 1.15. The van der Waals surface area contributed by atoms with Gasteiger partial charge in [0.1, 0.15) is 5.01 Å². The van der Waals surface area contributed by atoms with E-state index in [1.807, 2.05) is 20.8 Å². The predicted octanol–water partition coefficient (Wildman–Crippen LogP) is 1.36. The quantitative estimate of drug-likeness (QED) is 0.798. The summed E-state index contributed by atoms with van der Waals surface area (Å²) in [5, 5.41) is 10.6. The fourth-order valence-corrected chi connectivity index (χ4v) is 2.31. The van der Waals surface area contributed by atoms with Crippen LogP contribution in [0.3, 0.4) is 0 Å². The molecule has 0 bridgehead atoms. The first-order chi connectivity index (χ1) is 6.41. The fraction of sp³-hybridized carbons (Fsp3) is 0.700. The van der Waals surface area contributed by atoms with Gasteiger partial charge >= 0.3 is 0 Å². The van der Waals surface area contributed by atoms with E-state index in [4.69, 9.17) is 5.73 Å². The Kier molecular flexibility index (Phi) is 3.29. The molecule has 2 unspecified atom stereocenters. The van der Waals surface area contributed by atoms with Gasteiger partial charge in [-0.1, -0.05) is 0 Å². The van der Waals surface area contributed by atoms with Crippen LogP contribution in [0, 0.1) is 13.8 Å². The highest BCUT2D eigenvalue weighted by Crippen LogP contribution is 2.31. The van der Waals surface area contributed by atoms with Gasteiger partial charge in [-0.15, -0.1) is 11.3 Å². The van der Waals surface area contributed by atoms with E-state index >= 15 is 0 Å². The van der Waals surface area contributed by atoms with Crippen molar-refractivity contribution in [1.29, 1.82) is 0 Å². The zero-order valence-corrected chi connectivity index (χ0v) is 9.98. The lowest BCUT2D eigenvalue weighted by atomic mass is 9.86. The van der Waals surface area contributed by atoms with E-state index in [2.05, 4.69) is 4.98 Å². The Balaban J connectivity index is 3.12. The minimum atomic E-state index is -0.475. The van der Waals surface area contributed by atoms with Gasteiger partial charge in [0.25, 0.3) is 0 Å². The van der Waals surface area contributed by atoms with Crippen LogP contribution in [0.2, 0.25) is 0 Å². The topological polar surface area (TPSA) is 59.1 Å². The maximum atomic E-state index is 9.71. The van der Waals surface area contributed by atoms with Gasteiger partial charge in [0.15, 0.2) is 0 Å². The SMILES string of the molecule is Cc1nc(C(C)(CN)C(C)O)sc1C. The molecule has 1 rings (SSSR count). The van der Waals surface area contributed by atoms with Crippen LogP contribution in [0.1, 0.15) is 29.4 Å².